The number of hydrogen-bond acceptors (Lipinski definition) is 11. The van der Waals surface area contributed by atoms with Crippen LogP contribution in [-0.2, 0) is 27.9 Å². The van der Waals surface area contributed by atoms with Crippen LogP contribution >= 0.6 is 4.00 Å². The number of hydrogen-bond donors (Lipinski definition) is 0. The van der Waals surface area contributed by atoms with E-state index in [9.17, 15) is 9.59 Å². The molecule has 16 heteroatoms. The molecule has 0 saturated carbocycles. The van der Waals surface area contributed by atoms with Gasteiger partial charge in [0.15, 0.2) is 0 Å². The normalized spacial score (nSPS) is 17.8. The number of nitrogens with zero attached hydrogens (tertiary/aromatic N) is 7. The average molecular weight is 1040 g/mol. The number of rotatable bonds is 8. The Balaban J connectivity index is 1.06. The Bertz CT molecular complexity index is 2520. The van der Waals surface area contributed by atoms with Gasteiger partial charge in [0.2, 0.25) is 0 Å². The minimum absolute atomic E-state index is 0.0542. The number of aromatic nitrogens is 3. The molecule has 3 aromatic carbocycles. The van der Waals surface area contributed by atoms with E-state index < -0.39 is 34.5 Å². The molecule has 12 nitrogen and oxygen atoms in total. The number of benzene rings is 3. The van der Waals surface area contributed by atoms with Gasteiger partial charge >= 0.3 is 208 Å². The predicted octanol–water partition coefficient (Wildman–Crippen LogP) is 7.24. The van der Waals surface area contributed by atoms with Crippen LogP contribution in [0.5, 0.6) is 6.01 Å². The number of ether oxygens (including phenoxy) is 3. The first-order valence-corrected chi connectivity index (χ1v) is 30.4. The van der Waals surface area contributed by atoms with E-state index in [1.165, 1.54) is 0 Å². The van der Waals surface area contributed by atoms with Crippen LogP contribution in [0.15, 0.2) is 72.9 Å². The predicted molar refractivity (Wildman–Crippen MR) is 234 cm³/mol. The molecule has 0 spiro atoms. The molecule has 3 fully saturated rings. The van der Waals surface area contributed by atoms with Gasteiger partial charge < -0.3 is 14.4 Å². The zero-order valence-corrected chi connectivity index (χ0v) is 40.0. The van der Waals surface area contributed by atoms with Crippen molar-refractivity contribution in [3.05, 3.63) is 89.9 Å². The van der Waals surface area contributed by atoms with Crippen molar-refractivity contribution in [2.75, 3.05) is 57.3 Å². The van der Waals surface area contributed by atoms with Crippen molar-refractivity contribution in [3.63, 3.8) is 0 Å². The molecule has 60 heavy (non-hydrogen) atoms. The van der Waals surface area contributed by atoms with Crippen LogP contribution in [0.4, 0.5) is 19.8 Å². The van der Waals surface area contributed by atoms with E-state index in [1.807, 2.05) is 92.4 Å². The summed E-state index contributed by atoms with van der Waals surface area (Å²) in [5.74, 6) is 3.26. The van der Waals surface area contributed by atoms with Crippen LogP contribution in [0.2, 0.25) is 0 Å². The van der Waals surface area contributed by atoms with Gasteiger partial charge in [-0.05, 0) is 39.2 Å². The van der Waals surface area contributed by atoms with Gasteiger partial charge in [-0.15, -0.1) is 0 Å². The van der Waals surface area contributed by atoms with Gasteiger partial charge in [0.05, 0.1) is 12.1 Å². The summed E-state index contributed by atoms with van der Waals surface area (Å²) < 4.78 is 39.1. The van der Waals surface area contributed by atoms with Gasteiger partial charge in [0, 0.05) is 32.7 Å². The van der Waals surface area contributed by atoms with Gasteiger partial charge in [0.25, 0.3) is 0 Å². The Morgan fingerprint density at radius 1 is 0.950 bits per heavy atom. The van der Waals surface area contributed by atoms with Crippen molar-refractivity contribution in [1.82, 2.24) is 29.7 Å². The zero-order chi connectivity index (χ0) is 41.8. The number of pyridine rings is 1. The van der Waals surface area contributed by atoms with E-state index in [2.05, 4.69) is 19.2 Å². The molecule has 0 aliphatic carbocycles. The number of halogens is 1. The molecule has 2 aromatic heterocycles. The first kappa shape index (κ1) is 42.3. The summed E-state index contributed by atoms with van der Waals surface area (Å²) in [6.45, 7) is 9.98. The first-order valence-electron chi connectivity index (χ1n) is 20.2. The molecule has 0 radical (unpaired) electrons. The Morgan fingerprint density at radius 3 is 2.40 bits per heavy atom. The van der Waals surface area contributed by atoms with E-state index in [0.29, 0.717) is 62.6 Å². The SMILES string of the molecule is CC(C)(C)OC(=O)N1C2CCC1CN(c1nc(OCCN3CCN(C(=O)OCc4ccccc4)CC3)nc3c(F)c(-c4cccc5cccc(C#[C][Tl]=[P+]=S)c45)ncc13)C2. The summed E-state index contributed by atoms with van der Waals surface area (Å²) in [6.07, 6.45) is 2.65. The summed E-state index contributed by atoms with van der Waals surface area (Å²) in [6, 6.07) is 21.2. The fraction of sp³-hybridized carbons (Fsp3) is 0.386. The molecule has 0 N–H and O–H groups in total. The van der Waals surface area contributed by atoms with Crippen molar-refractivity contribution in [2.45, 2.75) is 57.9 Å². The summed E-state index contributed by atoms with van der Waals surface area (Å²) >= 11 is 3.82. The Labute approximate surface area is 366 Å². The molecule has 5 heterocycles. The molecule has 2 amide bonds. The summed E-state index contributed by atoms with van der Waals surface area (Å²) in [4.78, 5) is 48.3. The van der Waals surface area contributed by atoms with Gasteiger partial charge in [-0.1, -0.05) is 30.3 Å². The van der Waals surface area contributed by atoms with Gasteiger partial charge in [0.1, 0.15) is 12.2 Å². The van der Waals surface area contributed by atoms with E-state index in [4.69, 9.17) is 41.0 Å². The molecule has 306 valence electrons. The zero-order valence-electron chi connectivity index (χ0n) is 33.8. The van der Waals surface area contributed by atoms with Gasteiger partial charge in [-0.3, -0.25) is 9.80 Å². The van der Waals surface area contributed by atoms with E-state index in [0.717, 1.165) is 38.7 Å². The second-order valence-corrected chi connectivity index (χ2v) is 28.7. The number of fused-ring (bicyclic) bond motifs is 4. The van der Waals surface area contributed by atoms with Crippen LogP contribution in [0, 0.1) is 15.2 Å². The maximum atomic E-state index is 17.2. The van der Waals surface area contributed by atoms with Crippen molar-refractivity contribution in [1.29, 1.82) is 0 Å². The molecule has 5 aromatic rings. The molecule has 2 bridgehead atoms. The molecule has 2 atom stereocenters. The number of carbonyl (C=O) groups is 2. The van der Waals surface area contributed by atoms with Crippen molar-refractivity contribution < 1.29 is 28.2 Å². The number of anilines is 1. The van der Waals surface area contributed by atoms with E-state index >= 15 is 4.39 Å². The monoisotopic (exact) mass is 1040 g/mol. The molecule has 3 aliphatic rings. The number of carbonyl (C=O) groups excluding carboxylic acids is 2. The molecule has 3 aliphatic heterocycles. The fourth-order valence-electron chi connectivity index (χ4n) is 8.21. The number of piperazine rings is 2. The van der Waals surface area contributed by atoms with Crippen molar-refractivity contribution >= 4 is 78.6 Å². The Morgan fingerprint density at radius 2 is 1.68 bits per heavy atom. The third kappa shape index (κ3) is 9.54. The summed E-state index contributed by atoms with van der Waals surface area (Å²) in [7, 11) is 0. The molecule has 3 saturated heterocycles. The Hall–Kier alpha value is -4.43. The summed E-state index contributed by atoms with van der Waals surface area (Å²) in [5.41, 5.74) is 2.03. The maximum absolute atomic E-state index is 17.2. The quantitative estimate of drug-likeness (QED) is 0.0891. The molecular weight excluding hydrogens is 993 g/mol. The third-order valence-corrected chi connectivity index (χ3v) is 17.3. The fourth-order valence-corrected chi connectivity index (χ4v) is 11.7. The summed E-state index contributed by atoms with van der Waals surface area (Å²) in [5, 5.41) is 2.22. The number of amides is 2. The van der Waals surface area contributed by atoms with Crippen LogP contribution < -0.4 is 9.64 Å². The first-order chi connectivity index (χ1) is 29.1. The van der Waals surface area contributed by atoms with Crippen LogP contribution in [-0.4, -0.2) is 135 Å². The van der Waals surface area contributed by atoms with Crippen molar-refractivity contribution in [2.24, 2.45) is 0 Å². The van der Waals surface area contributed by atoms with Crippen LogP contribution in [0.1, 0.15) is 44.7 Å². The van der Waals surface area contributed by atoms with Crippen LogP contribution in [0.25, 0.3) is 32.9 Å². The van der Waals surface area contributed by atoms with E-state index in [-0.39, 0.29) is 54.7 Å². The second-order valence-electron chi connectivity index (χ2n) is 16.1. The molecule has 2 unspecified atom stereocenters. The van der Waals surface area contributed by atoms with Gasteiger partial charge in [-0.25, -0.2) is 9.59 Å². The second kappa shape index (κ2) is 18.7. The van der Waals surface area contributed by atoms with Gasteiger partial charge in [-0.2, -0.15) is 0 Å². The minimum atomic E-state index is -1.35. The Kier molecular flexibility index (Phi) is 13.2. The van der Waals surface area contributed by atoms with Crippen molar-refractivity contribution in [3.8, 4) is 26.7 Å². The van der Waals surface area contributed by atoms with Crippen LogP contribution in [0.3, 0.4) is 0 Å². The molecular formula is C44H45FN7O5PSTl+. The van der Waals surface area contributed by atoms with E-state index in [1.54, 1.807) is 11.1 Å². The average Bonchev–Trinajstić information content (AvgIpc) is 3.52. The molecule has 8 rings (SSSR count). The standard InChI is InChI=1S/C44H45FN7O5.PS.Tl/c1-5-30-13-9-14-31-15-10-16-34(36(30)31)38-37(45)39-35(25-46-38)40(51-26-32-17-18-33(27-51)52(32)43(54)57-44(2,3)4)48-41(47-39)55-24-23-49-19-21-50(22-20-49)42(53)56-28-29-11-7-6-8-12-29;1-2;/h6-16,25,32-33H,17-24,26-28H2,2-4H3;;/q;-1;+2. The third-order valence-electron chi connectivity index (χ3n) is 11.0. The topological polar surface area (TPSA) is 113 Å².